The van der Waals surface area contributed by atoms with E-state index in [0.29, 0.717) is 10.9 Å². The maximum atomic E-state index is 13.5. The minimum atomic E-state index is -1.07. The molecule has 1 atom stereocenters. The Balaban J connectivity index is 2.10. The molecular weight excluding hydrogens is 237 g/mol. The van der Waals surface area contributed by atoms with Gasteiger partial charge in [0.2, 0.25) is 0 Å². The molecule has 0 spiro atoms. The number of H-pyrrole nitrogens is 1. The standard InChI is InChI=1S/C12H10FN3O2/c13-8-3-1-2-6-4-9(18-11(6)8)10(17)7-5-15-16-12(7)14/h1-5,10,17H,(H3,14,15,16). The summed E-state index contributed by atoms with van der Waals surface area (Å²) in [6.07, 6.45) is 0.333. The van der Waals surface area contributed by atoms with E-state index in [9.17, 15) is 9.50 Å². The van der Waals surface area contributed by atoms with Gasteiger partial charge in [-0.3, -0.25) is 5.10 Å². The SMILES string of the molecule is Nc1[nH]ncc1C(O)c1cc2cccc(F)c2o1. The highest BCUT2D eigenvalue weighted by atomic mass is 19.1. The van der Waals surface area contributed by atoms with Gasteiger partial charge in [-0.2, -0.15) is 5.10 Å². The number of halogens is 1. The van der Waals surface area contributed by atoms with E-state index >= 15 is 0 Å². The van der Waals surface area contributed by atoms with Crippen LogP contribution >= 0.6 is 0 Å². The zero-order valence-corrected chi connectivity index (χ0v) is 9.22. The van der Waals surface area contributed by atoms with Gasteiger partial charge in [-0.1, -0.05) is 12.1 Å². The lowest BCUT2D eigenvalue weighted by Gasteiger charge is -2.05. The summed E-state index contributed by atoms with van der Waals surface area (Å²) in [5.41, 5.74) is 6.13. The molecule has 1 unspecified atom stereocenters. The molecule has 2 heterocycles. The number of benzene rings is 1. The summed E-state index contributed by atoms with van der Waals surface area (Å²) in [6.45, 7) is 0. The molecule has 3 rings (SSSR count). The van der Waals surface area contributed by atoms with E-state index < -0.39 is 11.9 Å². The van der Waals surface area contributed by atoms with Crippen molar-refractivity contribution in [3.63, 3.8) is 0 Å². The molecule has 0 bridgehead atoms. The van der Waals surface area contributed by atoms with Crippen molar-refractivity contribution in [2.24, 2.45) is 0 Å². The quantitative estimate of drug-likeness (QED) is 0.645. The fourth-order valence-corrected chi connectivity index (χ4v) is 1.86. The Labute approximate surface area is 101 Å². The molecule has 2 aromatic heterocycles. The number of aromatic nitrogens is 2. The minimum absolute atomic E-state index is 0.119. The van der Waals surface area contributed by atoms with Crippen LogP contribution in [0.25, 0.3) is 11.0 Å². The van der Waals surface area contributed by atoms with E-state index in [-0.39, 0.29) is 17.2 Å². The molecule has 92 valence electrons. The van der Waals surface area contributed by atoms with Gasteiger partial charge < -0.3 is 15.3 Å². The Morgan fingerprint density at radius 2 is 2.28 bits per heavy atom. The number of aliphatic hydroxyl groups excluding tert-OH is 1. The van der Waals surface area contributed by atoms with E-state index in [2.05, 4.69) is 10.2 Å². The van der Waals surface area contributed by atoms with Crippen LogP contribution in [0.5, 0.6) is 0 Å². The number of nitrogens with two attached hydrogens (primary N) is 1. The predicted molar refractivity (Wildman–Crippen MR) is 63.2 cm³/mol. The lowest BCUT2D eigenvalue weighted by Crippen LogP contribution is -2.00. The van der Waals surface area contributed by atoms with Crippen molar-refractivity contribution in [3.8, 4) is 0 Å². The number of nitrogen functional groups attached to an aromatic ring is 1. The van der Waals surface area contributed by atoms with Crippen LogP contribution < -0.4 is 5.73 Å². The Bertz CT molecular complexity index is 704. The van der Waals surface area contributed by atoms with E-state index in [1.54, 1.807) is 18.2 Å². The maximum Gasteiger partial charge on any atom is 0.170 e. The summed E-state index contributed by atoms with van der Waals surface area (Å²) in [4.78, 5) is 0. The Morgan fingerprint density at radius 1 is 1.44 bits per heavy atom. The monoisotopic (exact) mass is 247 g/mol. The van der Waals surface area contributed by atoms with Gasteiger partial charge in [0.1, 0.15) is 17.7 Å². The molecule has 0 fully saturated rings. The molecular formula is C12H10FN3O2. The average molecular weight is 247 g/mol. The average Bonchev–Trinajstić information content (AvgIpc) is 2.95. The third-order valence-corrected chi connectivity index (χ3v) is 2.78. The number of hydrogen-bond acceptors (Lipinski definition) is 4. The van der Waals surface area contributed by atoms with Crippen molar-refractivity contribution in [1.82, 2.24) is 10.2 Å². The second-order valence-electron chi connectivity index (χ2n) is 3.95. The molecule has 0 aliphatic carbocycles. The van der Waals surface area contributed by atoms with Crippen LogP contribution in [0.1, 0.15) is 17.4 Å². The van der Waals surface area contributed by atoms with Gasteiger partial charge in [-0.15, -0.1) is 0 Å². The first-order valence-electron chi connectivity index (χ1n) is 5.31. The molecule has 0 aliphatic rings. The zero-order chi connectivity index (χ0) is 12.7. The summed E-state index contributed by atoms with van der Waals surface area (Å²) >= 11 is 0. The second-order valence-corrected chi connectivity index (χ2v) is 3.95. The highest BCUT2D eigenvalue weighted by Gasteiger charge is 2.20. The Morgan fingerprint density at radius 3 is 2.94 bits per heavy atom. The highest BCUT2D eigenvalue weighted by molar-refractivity contribution is 5.78. The van der Waals surface area contributed by atoms with Crippen LogP contribution in [0.3, 0.4) is 0 Å². The van der Waals surface area contributed by atoms with Gasteiger partial charge in [-0.25, -0.2) is 4.39 Å². The van der Waals surface area contributed by atoms with Crippen molar-refractivity contribution in [1.29, 1.82) is 0 Å². The number of aliphatic hydroxyl groups is 1. The lowest BCUT2D eigenvalue weighted by atomic mass is 10.1. The number of rotatable bonds is 2. The highest BCUT2D eigenvalue weighted by Crippen LogP contribution is 2.30. The first kappa shape index (κ1) is 10.8. The number of aromatic amines is 1. The number of nitrogens with one attached hydrogen (secondary N) is 1. The van der Waals surface area contributed by atoms with Crippen molar-refractivity contribution in [3.05, 3.63) is 47.6 Å². The number of hydrogen-bond donors (Lipinski definition) is 3. The van der Waals surface area contributed by atoms with Crippen LogP contribution in [0.4, 0.5) is 10.2 Å². The molecule has 0 radical (unpaired) electrons. The molecule has 18 heavy (non-hydrogen) atoms. The van der Waals surface area contributed by atoms with Crippen molar-refractivity contribution < 1.29 is 13.9 Å². The van der Waals surface area contributed by atoms with Crippen molar-refractivity contribution >= 4 is 16.8 Å². The normalized spacial score (nSPS) is 13.0. The molecule has 1 aromatic carbocycles. The summed E-state index contributed by atoms with van der Waals surface area (Å²) < 4.78 is 18.8. The third kappa shape index (κ3) is 1.54. The van der Waals surface area contributed by atoms with Gasteiger partial charge >= 0.3 is 0 Å². The van der Waals surface area contributed by atoms with Crippen molar-refractivity contribution in [2.75, 3.05) is 5.73 Å². The molecule has 0 aliphatic heterocycles. The number of anilines is 1. The number of para-hydroxylation sites is 1. The zero-order valence-electron chi connectivity index (χ0n) is 9.22. The summed E-state index contributed by atoms with van der Waals surface area (Å²) in [6, 6.07) is 6.16. The van der Waals surface area contributed by atoms with E-state index in [4.69, 9.17) is 10.2 Å². The molecule has 6 heteroatoms. The molecule has 3 aromatic rings. The van der Waals surface area contributed by atoms with Gasteiger partial charge in [0.05, 0.1) is 6.20 Å². The topological polar surface area (TPSA) is 88.1 Å². The van der Waals surface area contributed by atoms with E-state index in [0.717, 1.165) is 0 Å². The Kier molecular flexibility index (Phi) is 2.31. The minimum Gasteiger partial charge on any atom is -0.455 e. The number of fused-ring (bicyclic) bond motifs is 1. The van der Waals surface area contributed by atoms with Crippen molar-refractivity contribution in [2.45, 2.75) is 6.10 Å². The largest absolute Gasteiger partial charge is 0.455 e. The third-order valence-electron chi connectivity index (χ3n) is 2.78. The van der Waals surface area contributed by atoms with Gasteiger partial charge in [0.15, 0.2) is 11.4 Å². The van der Waals surface area contributed by atoms with E-state index in [1.165, 1.54) is 12.3 Å². The number of nitrogens with zero attached hydrogens (tertiary/aromatic N) is 1. The first-order chi connectivity index (χ1) is 8.66. The van der Waals surface area contributed by atoms with Crippen LogP contribution in [0.2, 0.25) is 0 Å². The molecule has 0 saturated carbocycles. The fraction of sp³-hybridized carbons (Fsp3) is 0.0833. The molecule has 5 nitrogen and oxygen atoms in total. The molecule has 0 saturated heterocycles. The second kappa shape index (κ2) is 3.85. The molecule has 4 N–H and O–H groups in total. The molecule has 0 amide bonds. The van der Waals surface area contributed by atoms with E-state index in [1.807, 2.05) is 0 Å². The van der Waals surface area contributed by atoms with Crippen LogP contribution in [-0.2, 0) is 0 Å². The maximum absolute atomic E-state index is 13.5. The smallest absolute Gasteiger partial charge is 0.170 e. The number of furan rings is 1. The van der Waals surface area contributed by atoms with Gasteiger partial charge in [-0.05, 0) is 12.1 Å². The predicted octanol–water partition coefficient (Wildman–Crippen LogP) is 1.96. The Hall–Kier alpha value is -2.34. The van der Waals surface area contributed by atoms with Gasteiger partial charge in [0, 0.05) is 10.9 Å². The lowest BCUT2D eigenvalue weighted by molar-refractivity contribution is 0.192. The fourth-order valence-electron chi connectivity index (χ4n) is 1.86. The summed E-state index contributed by atoms with van der Waals surface area (Å²) in [7, 11) is 0. The summed E-state index contributed by atoms with van der Waals surface area (Å²) in [5.74, 6) is 0.0118. The first-order valence-corrected chi connectivity index (χ1v) is 5.31. The van der Waals surface area contributed by atoms with Crippen LogP contribution in [0.15, 0.2) is 34.9 Å². The summed E-state index contributed by atoms with van der Waals surface area (Å²) in [5, 5.41) is 16.9. The van der Waals surface area contributed by atoms with Crippen LogP contribution in [-0.4, -0.2) is 15.3 Å². The van der Waals surface area contributed by atoms with Crippen LogP contribution in [0, 0.1) is 5.82 Å². The van der Waals surface area contributed by atoms with Gasteiger partial charge in [0.25, 0.3) is 0 Å².